The van der Waals surface area contributed by atoms with Crippen LogP contribution in [-0.2, 0) is 19.1 Å². The molecule has 0 heterocycles. The van der Waals surface area contributed by atoms with Crippen molar-refractivity contribution in [3.05, 3.63) is 0 Å². The van der Waals surface area contributed by atoms with Crippen LogP contribution in [0.4, 0.5) is 0 Å². The Morgan fingerprint density at radius 1 is 0.431 bits per heavy atom. The van der Waals surface area contributed by atoms with Gasteiger partial charge in [0.05, 0.1) is 0 Å². The number of esters is 1. The maximum absolute atomic E-state index is 12.7. The summed E-state index contributed by atoms with van der Waals surface area (Å²) in [6, 6.07) is 0. The van der Waals surface area contributed by atoms with Gasteiger partial charge >= 0.3 is 11.9 Å². The van der Waals surface area contributed by atoms with E-state index in [-0.39, 0.29) is 24.5 Å². The third kappa shape index (κ3) is 41.0. The van der Waals surface area contributed by atoms with Gasteiger partial charge in [-0.05, 0) is 38.5 Å². The summed E-state index contributed by atoms with van der Waals surface area (Å²) in [7, 11) is 0. The number of carbonyl (C=O) groups is 3. The van der Waals surface area contributed by atoms with E-state index < -0.39 is 5.97 Å². The van der Waals surface area contributed by atoms with Crippen LogP contribution in [0.5, 0.6) is 0 Å². The number of carboxylic acids is 1. The number of amides is 1. The second-order valence-electron chi connectivity index (χ2n) is 15.7. The third-order valence-corrected chi connectivity index (χ3v) is 10.5. The zero-order valence-corrected chi connectivity index (χ0v) is 34.2. The van der Waals surface area contributed by atoms with Crippen molar-refractivity contribution in [2.75, 3.05) is 6.54 Å². The zero-order chi connectivity index (χ0) is 37.3. The lowest BCUT2D eigenvalue weighted by Crippen LogP contribution is -2.28. The SMILES string of the molecule is CCCCCCCCCCCCCCCCCCCCCCCCC(=O)OC(CCCCCCCCC)CCCCCCCC(=O)NCC(=O)O. The van der Waals surface area contributed by atoms with Gasteiger partial charge in [-0.15, -0.1) is 0 Å². The maximum Gasteiger partial charge on any atom is 0.322 e. The monoisotopic (exact) mass is 722 g/mol. The largest absolute Gasteiger partial charge is 0.480 e. The number of ether oxygens (including phenoxy) is 1. The van der Waals surface area contributed by atoms with Crippen molar-refractivity contribution in [1.29, 1.82) is 0 Å². The topological polar surface area (TPSA) is 92.7 Å². The van der Waals surface area contributed by atoms with Gasteiger partial charge in [0, 0.05) is 12.8 Å². The molecule has 302 valence electrons. The minimum absolute atomic E-state index is 0.0107. The molecule has 0 fully saturated rings. The molecular weight excluding hydrogens is 634 g/mol. The van der Waals surface area contributed by atoms with Crippen molar-refractivity contribution in [1.82, 2.24) is 5.32 Å². The summed E-state index contributed by atoms with van der Waals surface area (Å²) in [5.41, 5.74) is 0. The van der Waals surface area contributed by atoms with E-state index in [2.05, 4.69) is 19.2 Å². The Morgan fingerprint density at radius 2 is 0.725 bits per heavy atom. The number of carbonyl (C=O) groups excluding carboxylic acids is 2. The van der Waals surface area contributed by atoms with Crippen molar-refractivity contribution in [2.24, 2.45) is 0 Å². The van der Waals surface area contributed by atoms with Crippen LogP contribution in [0, 0.1) is 0 Å². The van der Waals surface area contributed by atoms with Crippen LogP contribution in [0.25, 0.3) is 0 Å². The Balaban J connectivity index is 3.83. The van der Waals surface area contributed by atoms with E-state index in [0.29, 0.717) is 12.8 Å². The van der Waals surface area contributed by atoms with Crippen LogP contribution < -0.4 is 5.32 Å². The van der Waals surface area contributed by atoms with Gasteiger partial charge in [0.15, 0.2) is 0 Å². The van der Waals surface area contributed by atoms with E-state index >= 15 is 0 Å². The molecule has 0 saturated heterocycles. The average Bonchev–Trinajstić information content (AvgIpc) is 3.11. The Morgan fingerprint density at radius 3 is 1.06 bits per heavy atom. The summed E-state index contributed by atoms with van der Waals surface area (Å²) < 4.78 is 6.01. The van der Waals surface area contributed by atoms with Crippen LogP contribution >= 0.6 is 0 Å². The quantitative estimate of drug-likeness (QED) is 0.0483. The minimum Gasteiger partial charge on any atom is -0.480 e. The molecule has 0 rings (SSSR count). The van der Waals surface area contributed by atoms with Crippen LogP contribution in [0.2, 0.25) is 0 Å². The predicted octanol–water partition coefficient (Wildman–Crippen LogP) is 14.0. The lowest BCUT2D eigenvalue weighted by molar-refractivity contribution is -0.150. The van der Waals surface area contributed by atoms with Gasteiger partial charge in [-0.25, -0.2) is 0 Å². The molecule has 0 aliphatic heterocycles. The summed E-state index contributed by atoms with van der Waals surface area (Å²) in [6.07, 6.45) is 46.8. The molecule has 1 atom stereocenters. The van der Waals surface area contributed by atoms with Crippen LogP contribution in [0.15, 0.2) is 0 Å². The average molecular weight is 722 g/mol. The number of hydrogen-bond donors (Lipinski definition) is 2. The molecule has 0 aliphatic rings. The third-order valence-electron chi connectivity index (χ3n) is 10.5. The van der Waals surface area contributed by atoms with Gasteiger partial charge < -0.3 is 15.2 Å². The Kier molecular flexibility index (Phi) is 39.9. The van der Waals surface area contributed by atoms with Crippen molar-refractivity contribution < 1.29 is 24.2 Å². The first kappa shape index (κ1) is 49.4. The van der Waals surface area contributed by atoms with Crippen LogP contribution in [0.1, 0.15) is 258 Å². The Labute approximate surface area is 317 Å². The normalized spacial score (nSPS) is 11.9. The van der Waals surface area contributed by atoms with E-state index in [9.17, 15) is 14.4 Å². The van der Waals surface area contributed by atoms with E-state index in [1.807, 2.05) is 0 Å². The fourth-order valence-corrected chi connectivity index (χ4v) is 7.16. The summed E-state index contributed by atoms with van der Waals surface area (Å²) in [5.74, 6) is -1.21. The predicted molar refractivity (Wildman–Crippen MR) is 217 cm³/mol. The molecule has 0 aromatic heterocycles. The van der Waals surface area contributed by atoms with Gasteiger partial charge in [-0.2, -0.15) is 0 Å². The van der Waals surface area contributed by atoms with Crippen molar-refractivity contribution in [2.45, 2.75) is 264 Å². The van der Waals surface area contributed by atoms with Crippen LogP contribution in [-0.4, -0.2) is 35.6 Å². The molecule has 0 spiro atoms. The molecule has 0 bridgehead atoms. The minimum atomic E-state index is -1.01. The summed E-state index contributed by atoms with van der Waals surface area (Å²) in [6.45, 7) is 4.24. The molecule has 1 unspecified atom stereocenters. The number of hydrogen-bond acceptors (Lipinski definition) is 4. The molecule has 0 saturated carbocycles. The molecule has 6 nitrogen and oxygen atoms in total. The van der Waals surface area contributed by atoms with E-state index in [1.165, 1.54) is 167 Å². The molecule has 2 N–H and O–H groups in total. The molecule has 0 aromatic carbocycles. The zero-order valence-electron chi connectivity index (χ0n) is 34.2. The first-order valence-corrected chi connectivity index (χ1v) is 22.7. The summed E-state index contributed by atoms with van der Waals surface area (Å²) in [4.78, 5) is 34.9. The highest BCUT2D eigenvalue weighted by molar-refractivity contribution is 5.80. The molecule has 1 amide bonds. The second kappa shape index (κ2) is 41.2. The van der Waals surface area contributed by atoms with Gasteiger partial charge in [0.2, 0.25) is 5.91 Å². The van der Waals surface area contributed by atoms with E-state index in [0.717, 1.165) is 64.2 Å². The maximum atomic E-state index is 12.7. The van der Waals surface area contributed by atoms with E-state index in [4.69, 9.17) is 9.84 Å². The van der Waals surface area contributed by atoms with Crippen molar-refractivity contribution >= 4 is 17.8 Å². The van der Waals surface area contributed by atoms with Crippen LogP contribution in [0.3, 0.4) is 0 Å². The first-order valence-electron chi connectivity index (χ1n) is 22.7. The standard InChI is InChI=1S/C45H87NO5/c1-3-5-7-9-11-12-13-14-15-16-17-18-19-20-21-22-23-24-25-27-32-36-40-45(50)51-42(37-33-29-26-10-8-6-4-2)38-34-30-28-31-35-39-43(47)46-41-44(48)49/h42H,3-41H2,1-2H3,(H,46,47)(H,48,49). The molecule has 0 radical (unpaired) electrons. The number of rotatable bonds is 42. The molecule has 0 aliphatic carbocycles. The lowest BCUT2D eigenvalue weighted by atomic mass is 10.0. The molecule has 6 heteroatoms. The number of aliphatic carboxylic acids is 1. The molecule has 51 heavy (non-hydrogen) atoms. The fraction of sp³-hybridized carbons (Fsp3) is 0.933. The molecule has 0 aromatic rings. The fourth-order valence-electron chi connectivity index (χ4n) is 7.16. The number of nitrogens with one attached hydrogen (secondary N) is 1. The highest BCUT2D eigenvalue weighted by Gasteiger charge is 2.14. The summed E-state index contributed by atoms with van der Waals surface area (Å²) in [5, 5.41) is 11.1. The van der Waals surface area contributed by atoms with Gasteiger partial charge in [-0.3, -0.25) is 14.4 Å². The van der Waals surface area contributed by atoms with E-state index in [1.54, 1.807) is 0 Å². The van der Waals surface area contributed by atoms with Gasteiger partial charge in [0.1, 0.15) is 12.6 Å². The van der Waals surface area contributed by atoms with Crippen molar-refractivity contribution in [3.8, 4) is 0 Å². The number of carboxylic acid groups (broad SMARTS) is 1. The summed E-state index contributed by atoms with van der Waals surface area (Å²) >= 11 is 0. The van der Waals surface area contributed by atoms with Gasteiger partial charge in [0.25, 0.3) is 0 Å². The Hall–Kier alpha value is -1.59. The highest BCUT2D eigenvalue weighted by atomic mass is 16.5. The number of unbranched alkanes of at least 4 members (excludes halogenated alkanes) is 31. The second-order valence-corrected chi connectivity index (χ2v) is 15.7. The van der Waals surface area contributed by atoms with Crippen molar-refractivity contribution in [3.63, 3.8) is 0 Å². The smallest absolute Gasteiger partial charge is 0.322 e. The molecular formula is C45H87NO5. The van der Waals surface area contributed by atoms with Gasteiger partial charge in [-0.1, -0.05) is 206 Å². The first-order chi connectivity index (χ1) is 25.0. The Bertz CT molecular complexity index is 757. The highest BCUT2D eigenvalue weighted by Crippen LogP contribution is 2.19. The lowest BCUT2D eigenvalue weighted by Gasteiger charge is -2.18.